The normalized spacial score (nSPS) is 17.1. The molecule has 2 aromatic rings. The number of rotatable bonds is 5. The lowest BCUT2D eigenvalue weighted by atomic mass is 10.1. The maximum atomic E-state index is 12.1. The van der Waals surface area contributed by atoms with Crippen molar-refractivity contribution in [1.29, 1.82) is 0 Å². The SMILES string of the molecule is Cc1ccc(C(C)NC(=O)NCC(C)N2CCc3sccc3C2)o1. The summed E-state index contributed by atoms with van der Waals surface area (Å²) in [7, 11) is 0. The lowest BCUT2D eigenvalue weighted by Crippen LogP contribution is -2.46. The minimum absolute atomic E-state index is 0.141. The third-order valence-electron chi connectivity index (χ3n) is 4.55. The van der Waals surface area contributed by atoms with Crippen LogP contribution in [0.4, 0.5) is 4.79 Å². The number of fused-ring (bicyclic) bond motifs is 1. The summed E-state index contributed by atoms with van der Waals surface area (Å²) in [5.74, 6) is 1.63. The summed E-state index contributed by atoms with van der Waals surface area (Å²) in [6.45, 7) is 8.65. The largest absolute Gasteiger partial charge is 0.464 e. The monoisotopic (exact) mass is 347 g/mol. The number of carbonyl (C=O) groups excluding carboxylic acids is 1. The average molecular weight is 347 g/mol. The van der Waals surface area contributed by atoms with Gasteiger partial charge in [-0.1, -0.05) is 0 Å². The molecule has 2 amide bonds. The second-order valence-corrected chi connectivity index (χ2v) is 7.46. The molecule has 0 fully saturated rings. The quantitative estimate of drug-likeness (QED) is 0.871. The molecule has 0 radical (unpaired) electrons. The van der Waals surface area contributed by atoms with E-state index in [0.717, 1.165) is 31.0 Å². The third-order valence-corrected chi connectivity index (χ3v) is 5.58. The summed E-state index contributed by atoms with van der Waals surface area (Å²) in [6, 6.07) is 6.03. The van der Waals surface area contributed by atoms with Gasteiger partial charge in [-0.25, -0.2) is 4.79 Å². The maximum Gasteiger partial charge on any atom is 0.315 e. The summed E-state index contributed by atoms with van der Waals surface area (Å²) in [4.78, 5) is 16.0. The van der Waals surface area contributed by atoms with E-state index in [1.165, 1.54) is 10.4 Å². The lowest BCUT2D eigenvalue weighted by molar-refractivity contribution is 0.185. The number of urea groups is 1. The van der Waals surface area contributed by atoms with E-state index >= 15 is 0 Å². The van der Waals surface area contributed by atoms with E-state index in [1.807, 2.05) is 37.3 Å². The number of nitrogens with one attached hydrogen (secondary N) is 2. The number of amides is 2. The Kier molecular flexibility index (Phi) is 5.26. The van der Waals surface area contributed by atoms with E-state index in [9.17, 15) is 4.79 Å². The number of nitrogens with zero attached hydrogens (tertiary/aromatic N) is 1. The predicted octanol–water partition coefficient (Wildman–Crippen LogP) is 3.46. The fourth-order valence-electron chi connectivity index (χ4n) is 3.02. The van der Waals surface area contributed by atoms with Gasteiger partial charge in [0.15, 0.2) is 0 Å². The van der Waals surface area contributed by atoms with Gasteiger partial charge in [0, 0.05) is 30.6 Å². The highest BCUT2D eigenvalue weighted by Gasteiger charge is 2.22. The molecular formula is C18H25N3O2S. The van der Waals surface area contributed by atoms with Crippen LogP contribution in [0.15, 0.2) is 28.0 Å². The summed E-state index contributed by atoms with van der Waals surface area (Å²) >= 11 is 1.85. The van der Waals surface area contributed by atoms with Crippen LogP contribution in [0.2, 0.25) is 0 Å². The Hall–Kier alpha value is -1.79. The van der Waals surface area contributed by atoms with Crippen LogP contribution < -0.4 is 10.6 Å². The summed E-state index contributed by atoms with van der Waals surface area (Å²) in [6.07, 6.45) is 1.11. The molecule has 2 unspecified atom stereocenters. The number of thiophene rings is 1. The Bertz CT molecular complexity index is 694. The zero-order valence-electron chi connectivity index (χ0n) is 14.5. The molecule has 1 aliphatic heterocycles. The highest BCUT2D eigenvalue weighted by atomic mass is 32.1. The van der Waals surface area contributed by atoms with Gasteiger partial charge in [-0.15, -0.1) is 11.3 Å². The van der Waals surface area contributed by atoms with Gasteiger partial charge in [0.2, 0.25) is 0 Å². The van der Waals surface area contributed by atoms with Gasteiger partial charge < -0.3 is 15.1 Å². The minimum atomic E-state index is -0.156. The molecule has 0 aromatic carbocycles. The molecule has 130 valence electrons. The lowest BCUT2D eigenvalue weighted by Gasteiger charge is -2.32. The fourth-order valence-corrected chi connectivity index (χ4v) is 3.91. The maximum absolute atomic E-state index is 12.1. The molecule has 0 bridgehead atoms. The molecule has 3 rings (SSSR count). The molecule has 0 saturated heterocycles. The van der Waals surface area contributed by atoms with Crippen molar-refractivity contribution >= 4 is 17.4 Å². The van der Waals surface area contributed by atoms with Crippen LogP contribution in [0, 0.1) is 6.92 Å². The highest BCUT2D eigenvalue weighted by molar-refractivity contribution is 7.10. The van der Waals surface area contributed by atoms with Crippen molar-refractivity contribution in [3.05, 3.63) is 45.5 Å². The molecule has 5 nitrogen and oxygen atoms in total. The van der Waals surface area contributed by atoms with Crippen LogP contribution in [0.3, 0.4) is 0 Å². The molecule has 1 aliphatic rings. The van der Waals surface area contributed by atoms with E-state index in [4.69, 9.17) is 4.42 Å². The van der Waals surface area contributed by atoms with Crippen LogP contribution >= 0.6 is 11.3 Å². The van der Waals surface area contributed by atoms with Crippen LogP contribution in [0.25, 0.3) is 0 Å². The molecule has 0 saturated carbocycles. The molecule has 24 heavy (non-hydrogen) atoms. The van der Waals surface area contributed by atoms with Gasteiger partial charge in [0.1, 0.15) is 11.5 Å². The number of hydrogen-bond donors (Lipinski definition) is 2. The van der Waals surface area contributed by atoms with Gasteiger partial charge in [-0.3, -0.25) is 4.90 Å². The van der Waals surface area contributed by atoms with Crippen molar-refractivity contribution in [3.8, 4) is 0 Å². The van der Waals surface area contributed by atoms with Gasteiger partial charge in [0.05, 0.1) is 6.04 Å². The van der Waals surface area contributed by atoms with E-state index in [2.05, 4.69) is 33.9 Å². The van der Waals surface area contributed by atoms with Gasteiger partial charge in [0.25, 0.3) is 0 Å². The van der Waals surface area contributed by atoms with Crippen LogP contribution in [-0.2, 0) is 13.0 Å². The molecule has 0 spiro atoms. The molecule has 2 aromatic heterocycles. The number of furan rings is 1. The number of hydrogen-bond acceptors (Lipinski definition) is 4. The van der Waals surface area contributed by atoms with Crippen LogP contribution in [-0.4, -0.2) is 30.1 Å². The second kappa shape index (κ2) is 7.40. The number of carbonyl (C=O) groups is 1. The first-order chi connectivity index (χ1) is 11.5. The van der Waals surface area contributed by atoms with E-state index in [0.29, 0.717) is 12.6 Å². The molecule has 2 atom stereocenters. The topological polar surface area (TPSA) is 57.5 Å². The van der Waals surface area contributed by atoms with Gasteiger partial charge in [-0.2, -0.15) is 0 Å². The smallest absolute Gasteiger partial charge is 0.315 e. The first kappa shape index (κ1) is 17.0. The van der Waals surface area contributed by atoms with Crippen molar-refractivity contribution in [2.24, 2.45) is 0 Å². The van der Waals surface area contributed by atoms with Gasteiger partial charge in [-0.05, 0) is 56.3 Å². The van der Waals surface area contributed by atoms with Crippen LogP contribution in [0.5, 0.6) is 0 Å². The van der Waals surface area contributed by atoms with E-state index in [-0.39, 0.29) is 12.1 Å². The Morgan fingerprint density at radius 1 is 1.38 bits per heavy atom. The van der Waals surface area contributed by atoms with Crippen LogP contribution in [0.1, 0.15) is 41.9 Å². The summed E-state index contributed by atoms with van der Waals surface area (Å²) in [5.41, 5.74) is 1.43. The zero-order valence-corrected chi connectivity index (χ0v) is 15.3. The molecule has 3 heterocycles. The molecule has 6 heteroatoms. The highest BCUT2D eigenvalue weighted by Crippen LogP contribution is 2.25. The number of aryl methyl sites for hydroxylation is 1. The van der Waals surface area contributed by atoms with Crippen molar-refractivity contribution in [2.75, 3.05) is 13.1 Å². The summed E-state index contributed by atoms with van der Waals surface area (Å²) < 4.78 is 5.54. The molecule has 0 aliphatic carbocycles. The van der Waals surface area contributed by atoms with Gasteiger partial charge >= 0.3 is 6.03 Å². The second-order valence-electron chi connectivity index (χ2n) is 6.46. The minimum Gasteiger partial charge on any atom is -0.464 e. The third kappa shape index (κ3) is 3.99. The molecular weight excluding hydrogens is 322 g/mol. The first-order valence-electron chi connectivity index (χ1n) is 8.43. The zero-order chi connectivity index (χ0) is 17.1. The van der Waals surface area contributed by atoms with Crippen molar-refractivity contribution in [1.82, 2.24) is 15.5 Å². The van der Waals surface area contributed by atoms with Crippen molar-refractivity contribution < 1.29 is 9.21 Å². The van der Waals surface area contributed by atoms with Crippen molar-refractivity contribution in [3.63, 3.8) is 0 Å². The average Bonchev–Trinajstić information content (AvgIpc) is 3.20. The Morgan fingerprint density at radius 3 is 2.96 bits per heavy atom. The summed E-state index contributed by atoms with van der Waals surface area (Å²) in [5, 5.41) is 8.06. The fraction of sp³-hybridized carbons (Fsp3) is 0.500. The van der Waals surface area contributed by atoms with Crippen molar-refractivity contribution in [2.45, 2.75) is 45.8 Å². The first-order valence-corrected chi connectivity index (χ1v) is 9.31. The van der Waals surface area contributed by atoms with E-state index < -0.39 is 0 Å². The standard InChI is InChI=1S/C18H25N3O2S/c1-12(21-8-6-17-15(11-21)7-9-24-17)10-19-18(22)20-14(3)16-5-4-13(2)23-16/h4-5,7,9,12,14H,6,8,10-11H2,1-3H3,(H2,19,20,22). The van der Waals surface area contributed by atoms with E-state index in [1.54, 1.807) is 0 Å². The Balaban J connectivity index is 1.44. The Labute approximate surface area is 147 Å². The predicted molar refractivity (Wildman–Crippen MR) is 96.3 cm³/mol. The Morgan fingerprint density at radius 2 is 2.21 bits per heavy atom. The molecule has 2 N–H and O–H groups in total.